The minimum atomic E-state index is 0.802. The Balaban J connectivity index is 1.48. The van der Waals surface area contributed by atoms with E-state index in [0.29, 0.717) is 0 Å². The topological polar surface area (TPSA) is 26.3 Å². The van der Waals surface area contributed by atoms with E-state index in [1.807, 2.05) is 18.2 Å². The lowest BCUT2D eigenvalue weighted by molar-refractivity contribution is 0.633. The Hall–Kier alpha value is -4.08. The van der Waals surface area contributed by atoms with Crippen LogP contribution in [0.5, 0.6) is 0 Å². The van der Waals surface area contributed by atoms with Crippen LogP contribution in [0.2, 0.25) is 0 Å². The summed E-state index contributed by atoms with van der Waals surface area (Å²) in [6.45, 7) is 0. The van der Waals surface area contributed by atoms with Crippen LogP contribution in [0.4, 0.5) is 0 Å². The Morgan fingerprint density at radius 3 is 1.60 bits per heavy atom. The average molecular weight is 513 g/mol. The Kier molecular flexibility index (Phi) is 3.83. The molecule has 0 bridgehead atoms. The van der Waals surface area contributed by atoms with E-state index < -0.39 is 0 Å². The van der Waals surface area contributed by atoms with Crippen molar-refractivity contribution in [3.63, 3.8) is 0 Å². The molecule has 0 amide bonds. The van der Waals surface area contributed by atoms with Crippen LogP contribution in [0.3, 0.4) is 0 Å². The molecule has 2 heterocycles. The molecule has 164 valence electrons. The summed E-state index contributed by atoms with van der Waals surface area (Å²) in [5, 5.41) is 9.23. The molecule has 35 heavy (non-hydrogen) atoms. The van der Waals surface area contributed by atoms with Gasteiger partial charge in [0, 0.05) is 26.0 Å². The van der Waals surface area contributed by atoms with Gasteiger partial charge in [0.05, 0.1) is 0 Å². The normalized spacial score (nSPS) is 12.1. The zero-order valence-corrected chi connectivity index (χ0v) is 20.1. The van der Waals surface area contributed by atoms with E-state index in [1.165, 1.54) is 32.7 Å². The third kappa shape index (κ3) is 2.59. The standard InChI is InChI=1S/C32H17BrO2/c33-30-22-10-3-1-8-20(22)29(21-9-2-4-11-23(21)30)18-13-16-28-26(17-18)25-15-14-24-19-7-5-6-12-27(19)34-31(24)32(25)35-28/h1-17H. The summed E-state index contributed by atoms with van der Waals surface area (Å²) in [6.07, 6.45) is 0. The maximum absolute atomic E-state index is 6.38. The highest BCUT2D eigenvalue weighted by atomic mass is 79.9. The Labute approximate surface area is 208 Å². The summed E-state index contributed by atoms with van der Waals surface area (Å²) in [4.78, 5) is 0. The Morgan fingerprint density at radius 1 is 0.429 bits per heavy atom. The average Bonchev–Trinajstić information content (AvgIpc) is 3.47. The van der Waals surface area contributed by atoms with Crippen LogP contribution in [0.15, 0.2) is 116 Å². The van der Waals surface area contributed by atoms with Gasteiger partial charge in [-0.3, -0.25) is 0 Å². The van der Waals surface area contributed by atoms with Crippen LogP contribution in [0, 0.1) is 0 Å². The van der Waals surface area contributed by atoms with Crippen LogP contribution >= 0.6 is 15.9 Å². The second-order valence-electron chi connectivity index (χ2n) is 9.01. The number of fused-ring (bicyclic) bond motifs is 9. The van der Waals surface area contributed by atoms with Crippen LogP contribution in [0.1, 0.15) is 0 Å². The van der Waals surface area contributed by atoms with Gasteiger partial charge in [0.2, 0.25) is 0 Å². The van der Waals surface area contributed by atoms with Crippen molar-refractivity contribution in [2.45, 2.75) is 0 Å². The molecular formula is C32H17BrO2. The Bertz CT molecular complexity index is 2070. The first-order valence-corrected chi connectivity index (χ1v) is 12.4. The quantitative estimate of drug-likeness (QED) is 0.204. The van der Waals surface area contributed by atoms with E-state index in [-0.39, 0.29) is 0 Å². The first-order chi connectivity index (χ1) is 17.3. The van der Waals surface area contributed by atoms with Gasteiger partial charge in [-0.15, -0.1) is 0 Å². The molecule has 0 unspecified atom stereocenters. The maximum atomic E-state index is 6.38. The highest BCUT2D eigenvalue weighted by molar-refractivity contribution is 9.10. The van der Waals surface area contributed by atoms with Crippen molar-refractivity contribution in [3.05, 3.63) is 108 Å². The molecule has 0 radical (unpaired) electrons. The van der Waals surface area contributed by atoms with Crippen molar-refractivity contribution >= 4 is 81.4 Å². The third-order valence-corrected chi connectivity index (χ3v) is 7.99. The molecule has 0 spiro atoms. The van der Waals surface area contributed by atoms with Crippen molar-refractivity contribution in [2.75, 3.05) is 0 Å². The molecule has 0 fully saturated rings. The first-order valence-electron chi connectivity index (χ1n) is 11.6. The number of hydrogen-bond donors (Lipinski definition) is 0. The summed E-state index contributed by atoms with van der Waals surface area (Å²) < 4.78 is 13.8. The molecule has 0 aliphatic carbocycles. The molecule has 2 nitrogen and oxygen atoms in total. The Morgan fingerprint density at radius 2 is 0.943 bits per heavy atom. The minimum absolute atomic E-state index is 0.802. The molecule has 0 saturated carbocycles. The predicted molar refractivity (Wildman–Crippen MR) is 149 cm³/mol. The van der Waals surface area contributed by atoms with E-state index in [9.17, 15) is 0 Å². The molecule has 8 aromatic rings. The molecule has 8 rings (SSSR count). The number of hydrogen-bond acceptors (Lipinski definition) is 2. The SMILES string of the molecule is Brc1c2ccccc2c(-c2ccc3oc4c(ccc5c6ccccc6oc54)c3c2)c2ccccc12. The van der Waals surface area contributed by atoms with Crippen LogP contribution in [-0.2, 0) is 0 Å². The van der Waals surface area contributed by atoms with Crippen LogP contribution in [-0.4, -0.2) is 0 Å². The number of rotatable bonds is 1. The fourth-order valence-corrected chi connectivity index (χ4v) is 6.25. The molecule has 0 saturated heterocycles. The number of benzene rings is 6. The molecule has 0 N–H and O–H groups in total. The van der Waals surface area contributed by atoms with E-state index in [2.05, 4.69) is 101 Å². The maximum Gasteiger partial charge on any atom is 0.178 e. The van der Waals surface area contributed by atoms with Crippen LogP contribution < -0.4 is 0 Å². The number of halogens is 1. The van der Waals surface area contributed by atoms with Crippen molar-refractivity contribution < 1.29 is 8.83 Å². The predicted octanol–water partition coefficient (Wildman–Crippen LogP) is 10.2. The van der Waals surface area contributed by atoms with E-state index in [4.69, 9.17) is 8.83 Å². The van der Waals surface area contributed by atoms with Gasteiger partial charge >= 0.3 is 0 Å². The summed E-state index contributed by atoms with van der Waals surface area (Å²) in [5.41, 5.74) is 5.76. The van der Waals surface area contributed by atoms with Gasteiger partial charge in [0.25, 0.3) is 0 Å². The van der Waals surface area contributed by atoms with Crippen molar-refractivity contribution in [1.82, 2.24) is 0 Å². The minimum Gasteiger partial charge on any atom is -0.452 e. The second kappa shape index (κ2) is 6.97. The van der Waals surface area contributed by atoms with Crippen molar-refractivity contribution in [3.8, 4) is 11.1 Å². The highest BCUT2D eigenvalue weighted by Crippen LogP contribution is 2.44. The fourth-order valence-electron chi connectivity index (χ4n) is 5.56. The lowest BCUT2D eigenvalue weighted by Crippen LogP contribution is -1.87. The van der Waals surface area contributed by atoms with Crippen LogP contribution in [0.25, 0.3) is 76.5 Å². The second-order valence-corrected chi connectivity index (χ2v) is 9.80. The number of furan rings is 2. The molecule has 6 aromatic carbocycles. The molecular weight excluding hydrogens is 496 g/mol. The fraction of sp³-hybridized carbons (Fsp3) is 0. The third-order valence-electron chi connectivity index (χ3n) is 7.14. The van der Waals surface area contributed by atoms with Gasteiger partial charge in [0.15, 0.2) is 11.2 Å². The van der Waals surface area contributed by atoms with Gasteiger partial charge in [-0.05, 0) is 78.9 Å². The first kappa shape index (κ1) is 19.2. The highest BCUT2D eigenvalue weighted by Gasteiger charge is 2.18. The van der Waals surface area contributed by atoms with E-state index in [1.54, 1.807) is 0 Å². The van der Waals surface area contributed by atoms with Gasteiger partial charge in [-0.25, -0.2) is 0 Å². The zero-order chi connectivity index (χ0) is 23.1. The largest absolute Gasteiger partial charge is 0.452 e. The monoisotopic (exact) mass is 512 g/mol. The summed E-state index contributed by atoms with van der Waals surface area (Å²) in [5.74, 6) is 0. The van der Waals surface area contributed by atoms with Gasteiger partial charge in [-0.1, -0.05) is 72.8 Å². The van der Waals surface area contributed by atoms with E-state index >= 15 is 0 Å². The van der Waals surface area contributed by atoms with Crippen molar-refractivity contribution in [1.29, 1.82) is 0 Å². The van der Waals surface area contributed by atoms with Gasteiger partial charge < -0.3 is 8.83 Å². The molecule has 2 aromatic heterocycles. The summed E-state index contributed by atoms with van der Waals surface area (Å²) in [6, 6.07) is 36.1. The molecule has 3 heteroatoms. The zero-order valence-electron chi connectivity index (χ0n) is 18.5. The summed E-state index contributed by atoms with van der Waals surface area (Å²) in [7, 11) is 0. The lowest BCUT2D eigenvalue weighted by Gasteiger charge is -2.14. The smallest absolute Gasteiger partial charge is 0.178 e. The van der Waals surface area contributed by atoms with Gasteiger partial charge in [0.1, 0.15) is 11.2 Å². The number of para-hydroxylation sites is 1. The van der Waals surface area contributed by atoms with Gasteiger partial charge in [-0.2, -0.15) is 0 Å². The van der Waals surface area contributed by atoms with Crippen molar-refractivity contribution in [2.24, 2.45) is 0 Å². The lowest BCUT2D eigenvalue weighted by atomic mass is 9.91. The molecule has 0 aliphatic heterocycles. The van der Waals surface area contributed by atoms with E-state index in [0.717, 1.165) is 48.3 Å². The molecule has 0 aliphatic rings. The molecule has 0 atom stereocenters. The summed E-state index contributed by atoms with van der Waals surface area (Å²) >= 11 is 3.87.